The van der Waals surface area contributed by atoms with E-state index in [1.807, 2.05) is 31.2 Å². The van der Waals surface area contributed by atoms with E-state index in [9.17, 15) is 0 Å². The van der Waals surface area contributed by atoms with Crippen LogP contribution in [0.4, 0.5) is 0 Å². The molecule has 1 aliphatic carbocycles. The van der Waals surface area contributed by atoms with E-state index in [1.165, 1.54) is 36.0 Å². The summed E-state index contributed by atoms with van der Waals surface area (Å²) in [5.41, 5.74) is 11.9. The van der Waals surface area contributed by atoms with Crippen molar-refractivity contribution in [2.75, 3.05) is 0 Å². The van der Waals surface area contributed by atoms with Crippen molar-refractivity contribution >= 4 is 6.08 Å². The van der Waals surface area contributed by atoms with Crippen LogP contribution in [-0.2, 0) is 0 Å². The van der Waals surface area contributed by atoms with Crippen molar-refractivity contribution in [3.8, 4) is 5.75 Å². The Hall–Kier alpha value is -2.48. The molecule has 0 radical (unpaired) electrons. The van der Waals surface area contributed by atoms with Crippen molar-refractivity contribution in [1.29, 1.82) is 0 Å². The fraction of sp³-hybridized carbons (Fsp3) is 0.304. The van der Waals surface area contributed by atoms with Crippen molar-refractivity contribution in [2.45, 2.75) is 46.5 Å². The average molecular weight is 338 g/mol. The van der Waals surface area contributed by atoms with E-state index < -0.39 is 0 Å². The number of allylic oxidation sites excluding steroid dienone is 7. The molecule has 1 fully saturated rings. The molecule has 1 aliphatic rings. The summed E-state index contributed by atoms with van der Waals surface area (Å²) in [5.74, 6) is 0.294. The lowest BCUT2D eigenvalue weighted by Gasteiger charge is -2.19. The average Bonchev–Trinajstić information content (AvgIpc) is 2.62. The van der Waals surface area contributed by atoms with E-state index in [1.54, 1.807) is 18.3 Å². The maximum atomic E-state index is 8.99. The van der Waals surface area contributed by atoms with Crippen LogP contribution in [0.2, 0.25) is 0 Å². The largest absolute Gasteiger partial charge is 0.508 e. The number of benzene rings is 1. The summed E-state index contributed by atoms with van der Waals surface area (Å²) in [6.07, 6.45) is 14.9. The molecular formula is C23H31NO. The van der Waals surface area contributed by atoms with E-state index in [2.05, 4.69) is 32.6 Å². The molecule has 134 valence electrons. The third kappa shape index (κ3) is 7.75. The Kier molecular flexibility index (Phi) is 9.16. The Labute approximate surface area is 152 Å². The molecule has 0 spiro atoms. The van der Waals surface area contributed by atoms with Gasteiger partial charge in [-0.05, 0) is 87.1 Å². The van der Waals surface area contributed by atoms with Gasteiger partial charge in [0.05, 0.1) is 0 Å². The van der Waals surface area contributed by atoms with Crippen LogP contribution < -0.4 is 5.73 Å². The second kappa shape index (κ2) is 11.1. The Morgan fingerprint density at radius 2 is 1.72 bits per heavy atom. The highest BCUT2D eigenvalue weighted by Gasteiger charge is 2.12. The fourth-order valence-electron chi connectivity index (χ4n) is 2.74. The first kappa shape index (κ1) is 20.6. The first-order valence-corrected chi connectivity index (χ1v) is 8.84. The summed E-state index contributed by atoms with van der Waals surface area (Å²) < 4.78 is 0. The smallest absolute Gasteiger partial charge is 0.115 e. The minimum atomic E-state index is 0.294. The topological polar surface area (TPSA) is 46.2 Å². The first-order valence-electron chi connectivity index (χ1n) is 8.84. The summed E-state index contributed by atoms with van der Waals surface area (Å²) >= 11 is 0. The van der Waals surface area contributed by atoms with Crippen LogP contribution in [0.15, 0.2) is 77.6 Å². The quantitative estimate of drug-likeness (QED) is 0.638. The first-order chi connectivity index (χ1) is 12.0. The zero-order valence-corrected chi connectivity index (χ0v) is 15.8. The number of hydrogen-bond acceptors (Lipinski definition) is 2. The Morgan fingerprint density at radius 3 is 2.28 bits per heavy atom. The molecule has 1 saturated carbocycles. The lowest BCUT2D eigenvalue weighted by atomic mass is 9.87. The zero-order valence-electron chi connectivity index (χ0n) is 15.8. The molecule has 0 unspecified atom stereocenters. The van der Waals surface area contributed by atoms with Gasteiger partial charge in [-0.3, -0.25) is 0 Å². The highest BCUT2D eigenvalue weighted by Crippen LogP contribution is 2.30. The SMILES string of the molecule is C=C(C)/C=C/c1ccc(O)cc1.C\C=C/C(C)=C1/CCCC/C1=C\N. The molecule has 0 heterocycles. The fourth-order valence-corrected chi connectivity index (χ4v) is 2.74. The van der Waals surface area contributed by atoms with Gasteiger partial charge < -0.3 is 10.8 Å². The number of phenols is 1. The Morgan fingerprint density at radius 1 is 1.08 bits per heavy atom. The van der Waals surface area contributed by atoms with E-state index in [-0.39, 0.29) is 0 Å². The number of rotatable bonds is 3. The van der Waals surface area contributed by atoms with Crippen LogP contribution in [0, 0.1) is 0 Å². The van der Waals surface area contributed by atoms with E-state index >= 15 is 0 Å². The van der Waals surface area contributed by atoms with Crippen LogP contribution in [0.3, 0.4) is 0 Å². The predicted molar refractivity (Wildman–Crippen MR) is 110 cm³/mol. The molecule has 0 aliphatic heterocycles. The van der Waals surface area contributed by atoms with Crippen molar-refractivity contribution in [3.63, 3.8) is 0 Å². The Balaban J connectivity index is 0.000000251. The van der Waals surface area contributed by atoms with Crippen molar-refractivity contribution in [2.24, 2.45) is 5.73 Å². The van der Waals surface area contributed by atoms with Crippen LogP contribution in [-0.4, -0.2) is 5.11 Å². The van der Waals surface area contributed by atoms with E-state index in [0.29, 0.717) is 5.75 Å². The highest BCUT2D eigenvalue weighted by atomic mass is 16.3. The molecule has 2 rings (SSSR count). The number of phenolic OH excluding ortho intramolecular Hbond substituents is 1. The molecule has 0 aromatic heterocycles. The van der Waals surface area contributed by atoms with Crippen LogP contribution in [0.25, 0.3) is 6.08 Å². The zero-order chi connectivity index (χ0) is 18.7. The third-order valence-electron chi connectivity index (χ3n) is 4.06. The van der Waals surface area contributed by atoms with Gasteiger partial charge in [-0.15, -0.1) is 0 Å². The Bertz CT molecular complexity index is 673. The van der Waals surface area contributed by atoms with Crippen LogP contribution >= 0.6 is 0 Å². The molecule has 2 heteroatoms. The van der Waals surface area contributed by atoms with Crippen molar-refractivity contribution in [3.05, 3.63) is 83.1 Å². The lowest BCUT2D eigenvalue weighted by molar-refractivity contribution is 0.475. The van der Waals surface area contributed by atoms with Crippen LogP contribution in [0.1, 0.15) is 52.0 Å². The van der Waals surface area contributed by atoms with Gasteiger partial charge >= 0.3 is 0 Å². The van der Waals surface area contributed by atoms with E-state index in [4.69, 9.17) is 10.8 Å². The van der Waals surface area contributed by atoms with Gasteiger partial charge in [-0.25, -0.2) is 0 Å². The summed E-state index contributed by atoms with van der Waals surface area (Å²) in [4.78, 5) is 0. The van der Waals surface area contributed by atoms with Crippen molar-refractivity contribution in [1.82, 2.24) is 0 Å². The standard InChI is InChI=1S/C12H19N.C11H12O/c1-3-6-10(2)12-8-5-4-7-11(12)9-13;1-9(2)3-4-10-5-7-11(12)8-6-10/h3,6,9H,4-5,7-8,13H2,1-2H3;3-8,12H,1H2,2H3/b6-3-,11-9+,12-10-;4-3+. The predicted octanol–water partition coefficient (Wildman–Crippen LogP) is 6.28. The molecule has 0 saturated heterocycles. The summed E-state index contributed by atoms with van der Waals surface area (Å²) in [5, 5.41) is 8.99. The number of nitrogens with two attached hydrogens (primary N) is 1. The summed E-state index contributed by atoms with van der Waals surface area (Å²) in [6.45, 7) is 9.92. The minimum absolute atomic E-state index is 0.294. The van der Waals surface area contributed by atoms with E-state index in [0.717, 1.165) is 17.6 Å². The lowest BCUT2D eigenvalue weighted by Crippen LogP contribution is -2.02. The van der Waals surface area contributed by atoms with Gasteiger partial charge in [0.15, 0.2) is 0 Å². The van der Waals surface area contributed by atoms with Gasteiger partial charge in [-0.2, -0.15) is 0 Å². The molecule has 1 aromatic carbocycles. The summed E-state index contributed by atoms with van der Waals surface area (Å²) in [7, 11) is 0. The molecule has 0 atom stereocenters. The van der Waals surface area contributed by atoms with Crippen LogP contribution in [0.5, 0.6) is 5.75 Å². The highest BCUT2D eigenvalue weighted by molar-refractivity contribution is 5.53. The number of aromatic hydroxyl groups is 1. The molecule has 3 N–H and O–H groups in total. The minimum Gasteiger partial charge on any atom is -0.508 e. The molecular weight excluding hydrogens is 306 g/mol. The molecule has 1 aromatic rings. The molecule has 0 amide bonds. The van der Waals surface area contributed by atoms with Gasteiger partial charge in [0.2, 0.25) is 0 Å². The van der Waals surface area contributed by atoms with Gasteiger partial charge in [0.25, 0.3) is 0 Å². The summed E-state index contributed by atoms with van der Waals surface area (Å²) in [6, 6.07) is 7.04. The maximum Gasteiger partial charge on any atom is 0.115 e. The van der Waals surface area contributed by atoms with Gasteiger partial charge in [0.1, 0.15) is 5.75 Å². The molecule has 2 nitrogen and oxygen atoms in total. The number of hydrogen-bond donors (Lipinski definition) is 2. The molecule has 0 bridgehead atoms. The third-order valence-corrected chi connectivity index (χ3v) is 4.06. The van der Waals surface area contributed by atoms with Crippen molar-refractivity contribution < 1.29 is 5.11 Å². The second-order valence-electron chi connectivity index (χ2n) is 6.33. The monoisotopic (exact) mass is 337 g/mol. The second-order valence-corrected chi connectivity index (χ2v) is 6.33. The van der Waals surface area contributed by atoms with Gasteiger partial charge in [-0.1, -0.05) is 48.6 Å². The normalized spacial score (nSPS) is 18.3. The molecule has 25 heavy (non-hydrogen) atoms. The van der Waals surface area contributed by atoms with Gasteiger partial charge in [0, 0.05) is 0 Å². The maximum absolute atomic E-state index is 8.99.